The van der Waals surface area contributed by atoms with E-state index in [1.54, 1.807) is 0 Å². The van der Waals surface area contributed by atoms with E-state index in [-0.39, 0.29) is 0 Å². The number of likely N-dealkylation sites (tertiary alicyclic amines) is 2. The van der Waals surface area contributed by atoms with Gasteiger partial charge in [-0.2, -0.15) is 0 Å². The van der Waals surface area contributed by atoms with Crippen LogP contribution in [0.2, 0.25) is 0 Å². The summed E-state index contributed by atoms with van der Waals surface area (Å²) in [5, 5.41) is 0. The standard InChI is InChI=1S/C14H24N2/c1-15-6-5-13(8-15)11-3-4-12-9-16(2)10-14(12)7-11/h3-4,11-14H,5-10H2,1-2H3/t11-,12-,13?,14+/m1/s1. The zero-order chi connectivity index (χ0) is 11.1. The molecular formula is C14H24N2. The molecular weight excluding hydrogens is 196 g/mol. The SMILES string of the molecule is CN1CCC([C@@H]2C=C[C@@H]3CN(C)C[C@@H]3C2)C1. The molecule has 0 bridgehead atoms. The van der Waals surface area contributed by atoms with Crippen LogP contribution in [0.25, 0.3) is 0 Å². The van der Waals surface area contributed by atoms with Gasteiger partial charge in [-0.1, -0.05) is 12.2 Å². The lowest BCUT2D eigenvalue weighted by Gasteiger charge is -2.29. The Kier molecular flexibility index (Phi) is 2.80. The molecule has 2 aliphatic heterocycles. The van der Waals surface area contributed by atoms with Gasteiger partial charge in [-0.25, -0.2) is 0 Å². The molecule has 0 aromatic carbocycles. The maximum absolute atomic E-state index is 2.55. The number of nitrogens with zero attached hydrogens (tertiary/aromatic N) is 2. The number of rotatable bonds is 1. The summed E-state index contributed by atoms with van der Waals surface area (Å²) in [5.74, 6) is 3.62. The van der Waals surface area contributed by atoms with Crippen molar-refractivity contribution < 1.29 is 0 Å². The van der Waals surface area contributed by atoms with Crippen LogP contribution in [0, 0.1) is 23.7 Å². The predicted molar refractivity (Wildman–Crippen MR) is 67.3 cm³/mol. The van der Waals surface area contributed by atoms with Gasteiger partial charge in [0.2, 0.25) is 0 Å². The van der Waals surface area contributed by atoms with Crippen molar-refractivity contribution in [1.29, 1.82) is 0 Å². The van der Waals surface area contributed by atoms with Crippen molar-refractivity contribution in [2.45, 2.75) is 12.8 Å². The van der Waals surface area contributed by atoms with Gasteiger partial charge in [0.15, 0.2) is 0 Å². The second-order valence-corrected chi connectivity index (χ2v) is 6.24. The highest BCUT2D eigenvalue weighted by atomic mass is 15.1. The Morgan fingerprint density at radius 1 is 0.875 bits per heavy atom. The van der Waals surface area contributed by atoms with Gasteiger partial charge < -0.3 is 9.80 Å². The van der Waals surface area contributed by atoms with Crippen molar-refractivity contribution in [2.24, 2.45) is 23.7 Å². The van der Waals surface area contributed by atoms with Gasteiger partial charge in [0.05, 0.1) is 0 Å². The van der Waals surface area contributed by atoms with Crippen molar-refractivity contribution in [3.63, 3.8) is 0 Å². The zero-order valence-electron chi connectivity index (χ0n) is 10.6. The molecule has 16 heavy (non-hydrogen) atoms. The maximum Gasteiger partial charge on any atom is 0.00446 e. The first kappa shape index (κ1) is 10.8. The minimum atomic E-state index is 0.861. The zero-order valence-corrected chi connectivity index (χ0v) is 10.6. The smallest absolute Gasteiger partial charge is 0.00446 e. The van der Waals surface area contributed by atoms with E-state index in [9.17, 15) is 0 Å². The summed E-state index contributed by atoms with van der Waals surface area (Å²) >= 11 is 0. The Labute approximate surface area is 99.3 Å². The summed E-state index contributed by atoms with van der Waals surface area (Å²) in [6.45, 7) is 5.25. The van der Waals surface area contributed by atoms with Gasteiger partial charge in [0, 0.05) is 19.6 Å². The average Bonchev–Trinajstić information content (AvgIpc) is 2.81. The van der Waals surface area contributed by atoms with Gasteiger partial charge in [-0.15, -0.1) is 0 Å². The molecule has 0 aromatic rings. The van der Waals surface area contributed by atoms with Crippen LogP contribution in [0.4, 0.5) is 0 Å². The van der Waals surface area contributed by atoms with E-state index in [4.69, 9.17) is 0 Å². The van der Waals surface area contributed by atoms with Crippen molar-refractivity contribution >= 4 is 0 Å². The molecule has 2 fully saturated rings. The lowest BCUT2D eigenvalue weighted by molar-refractivity contribution is 0.279. The van der Waals surface area contributed by atoms with Gasteiger partial charge in [0.1, 0.15) is 0 Å². The lowest BCUT2D eigenvalue weighted by Crippen LogP contribution is -2.26. The third-order valence-electron chi connectivity index (χ3n) is 4.89. The molecule has 0 N–H and O–H groups in total. The monoisotopic (exact) mass is 220 g/mol. The van der Waals surface area contributed by atoms with Gasteiger partial charge in [-0.05, 0) is 57.2 Å². The highest BCUT2D eigenvalue weighted by molar-refractivity contribution is 5.07. The quantitative estimate of drug-likeness (QED) is 0.621. The van der Waals surface area contributed by atoms with E-state index in [2.05, 4.69) is 36.0 Å². The summed E-state index contributed by atoms with van der Waals surface area (Å²) in [6, 6.07) is 0. The minimum Gasteiger partial charge on any atom is -0.306 e. The van der Waals surface area contributed by atoms with Gasteiger partial charge in [-0.3, -0.25) is 0 Å². The first-order valence-electron chi connectivity index (χ1n) is 6.78. The number of fused-ring (bicyclic) bond motifs is 1. The summed E-state index contributed by atoms with van der Waals surface area (Å²) in [4.78, 5) is 4.99. The van der Waals surface area contributed by atoms with E-state index in [0.717, 1.165) is 23.7 Å². The minimum absolute atomic E-state index is 0.861. The molecule has 3 rings (SSSR count). The Hall–Kier alpha value is -0.340. The molecule has 1 unspecified atom stereocenters. The van der Waals surface area contributed by atoms with Crippen LogP contribution < -0.4 is 0 Å². The maximum atomic E-state index is 2.55. The van der Waals surface area contributed by atoms with Crippen LogP contribution in [0.1, 0.15) is 12.8 Å². The normalized spacial score (nSPS) is 45.1. The van der Waals surface area contributed by atoms with Crippen molar-refractivity contribution in [3.05, 3.63) is 12.2 Å². The molecule has 2 nitrogen and oxygen atoms in total. The molecule has 0 saturated carbocycles. The van der Waals surface area contributed by atoms with Crippen LogP contribution in [0.5, 0.6) is 0 Å². The van der Waals surface area contributed by atoms with Crippen molar-refractivity contribution in [1.82, 2.24) is 9.80 Å². The van der Waals surface area contributed by atoms with E-state index in [0.29, 0.717) is 0 Å². The molecule has 1 aliphatic carbocycles. The van der Waals surface area contributed by atoms with Gasteiger partial charge in [0.25, 0.3) is 0 Å². The molecule has 0 spiro atoms. The molecule has 0 amide bonds. The second kappa shape index (κ2) is 4.15. The van der Waals surface area contributed by atoms with Crippen molar-refractivity contribution in [2.75, 3.05) is 40.3 Å². The molecule has 2 saturated heterocycles. The Morgan fingerprint density at radius 2 is 1.62 bits per heavy atom. The third-order valence-corrected chi connectivity index (χ3v) is 4.89. The fourth-order valence-corrected chi connectivity index (χ4v) is 3.97. The number of hydrogen-bond acceptors (Lipinski definition) is 2. The summed E-state index contributed by atoms with van der Waals surface area (Å²) in [6.07, 6.45) is 7.94. The summed E-state index contributed by atoms with van der Waals surface area (Å²) in [5.41, 5.74) is 0. The molecule has 4 atom stereocenters. The van der Waals surface area contributed by atoms with Crippen molar-refractivity contribution in [3.8, 4) is 0 Å². The fourth-order valence-electron chi connectivity index (χ4n) is 3.97. The van der Waals surface area contributed by atoms with E-state index in [1.807, 2.05) is 0 Å². The molecule has 2 heteroatoms. The number of allylic oxidation sites excluding steroid dienone is 1. The highest BCUT2D eigenvalue weighted by Gasteiger charge is 2.36. The predicted octanol–water partition coefficient (Wildman–Crippen LogP) is 1.69. The largest absolute Gasteiger partial charge is 0.306 e. The third kappa shape index (κ3) is 1.93. The summed E-state index contributed by atoms with van der Waals surface area (Å²) < 4.78 is 0. The molecule has 2 heterocycles. The van der Waals surface area contributed by atoms with Crippen LogP contribution in [-0.4, -0.2) is 50.1 Å². The second-order valence-electron chi connectivity index (χ2n) is 6.24. The number of hydrogen-bond donors (Lipinski definition) is 0. The van der Waals surface area contributed by atoms with E-state index >= 15 is 0 Å². The first-order valence-corrected chi connectivity index (χ1v) is 6.78. The molecule has 0 radical (unpaired) electrons. The van der Waals surface area contributed by atoms with E-state index in [1.165, 1.54) is 39.0 Å². The van der Waals surface area contributed by atoms with Crippen LogP contribution in [-0.2, 0) is 0 Å². The first-order chi connectivity index (χ1) is 7.72. The van der Waals surface area contributed by atoms with Gasteiger partial charge >= 0.3 is 0 Å². The average molecular weight is 220 g/mol. The van der Waals surface area contributed by atoms with Crippen LogP contribution >= 0.6 is 0 Å². The topological polar surface area (TPSA) is 6.48 Å². The molecule has 90 valence electrons. The van der Waals surface area contributed by atoms with Crippen LogP contribution in [0.15, 0.2) is 12.2 Å². The molecule has 0 aromatic heterocycles. The highest BCUT2D eigenvalue weighted by Crippen LogP contribution is 2.39. The molecule has 3 aliphatic rings. The fraction of sp³-hybridized carbons (Fsp3) is 0.857. The Bertz CT molecular complexity index is 286. The van der Waals surface area contributed by atoms with E-state index < -0.39 is 0 Å². The summed E-state index contributed by atoms with van der Waals surface area (Å²) in [7, 11) is 4.53. The Morgan fingerprint density at radius 3 is 2.38 bits per heavy atom. The lowest BCUT2D eigenvalue weighted by atomic mass is 9.75. The Balaban J connectivity index is 1.65. The van der Waals surface area contributed by atoms with Crippen LogP contribution in [0.3, 0.4) is 0 Å².